The molecule has 1 atom stereocenters. The largest absolute Gasteiger partial charge is 0.369 e. The van der Waals surface area contributed by atoms with E-state index < -0.39 is 0 Å². The van der Waals surface area contributed by atoms with E-state index in [0.29, 0.717) is 6.04 Å². The predicted molar refractivity (Wildman–Crippen MR) is 88.4 cm³/mol. The molecule has 2 aliphatic heterocycles. The molecule has 110 valence electrons. The molecule has 0 radical (unpaired) electrons. The number of nitrogens with one attached hydrogen (secondary N) is 1. The minimum atomic E-state index is 0.264. The maximum Gasteiger partial charge on any atom is 0.0367 e. The van der Waals surface area contributed by atoms with Gasteiger partial charge in [0.2, 0.25) is 0 Å². The van der Waals surface area contributed by atoms with Gasteiger partial charge in [0.25, 0.3) is 0 Å². The Hall–Kier alpha value is -0.580. The van der Waals surface area contributed by atoms with E-state index in [2.05, 4.69) is 69.2 Å². The first-order valence-corrected chi connectivity index (χ1v) is 8.35. The normalized spacial score (nSPS) is 26.9. The summed E-state index contributed by atoms with van der Waals surface area (Å²) in [7, 11) is 0. The smallest absolute Gasteiger partial charge is 0.0367 e. The first-order valence-electron chi connectivity index (χ1n) is 7.56. The number of rotatable bonds is 2. The highest BCUT2D eigenvalue weighted by atomic mass is 79.9. The molecule has 2 aliphatic rings. The zero-order valence-electron chi connectivity index (χ0n) is 12.4. The number of halogens is 1. The molecule has 2 saturated heterocycles. The van der Waals surface area contributed by atoms with E-state index in [4.69, 9.17) is 0 Å². The van der Waals surface area contributed by atoms with Crippen LogP contribution >= 0.6 is 15.9 Å². The van der Waals surface area contributed by atoms with Gasteiger partial charge in [-0.2, -0.15) is 0 Å². The van der Waals surface area contributed by atoms with E-state index in [1.165, 1.54) is 25.2 Å². The van der Waals surface area contributed by atoms with Gasteiger partial charge in [0.15, 0.2) is 0 Å². The van der Waals surface area contributed by atoms with Crippen molar-refractivity contribution in [1.29, 1.82) is 0 Å². The maximum absolute atomic E-state index is 3.63. The summed E-state index contributed by atoms with van der Waals surface area (Å²) < 4.78 is 1.15. The topological polar surface area (TPSA) is 18.5 Å². The summed E-state index contributed by atoms with van der Waals surface area (Å²) in [5, 5.41) is 3.63. The third-order valence-electron chi connectivity index (χ3n) is 4.78. The van der Waals surface area contributed by atoms with Gasteiger partial charge in [-0.05, 0) is 51.1 Å². The minimum absolute atomic E-state index is 0.264. The van der Waals surface area contributed by atoms with Crippen LogP contribution in [-0.2, 0) is 0 Å². The Morgan fingerprint density at radius 1 is 1.10 bits per heavy atom. The predicted octanol–water partition coefficient (Wildman–Crippen LogP) is 2.71. The highest BCUT2D eigenvalue weighted by Gasteiger charge is 2.38. The fraction of sp³-hybridized carbons (Fsp3) is 0.625. The molecule has 0 amide bonds. The Labute approximate surface area is 130 Å². The standard InChI is InChI=1S/C16H24BrN3/c1-16(2)15(7-8-18-16)20-11-9-19(10-12-20)14-5-3-13(17)4-6-14/h3-6,15,18H,7-12H2,1-2H3. The van der Waals surface area contributed by atoms with Crippen molar-refractivity contribution >= 4 is 21.6 Å². The molecule has 0 spiro atoms. The second-order valence-corrected chi connectivity index (χ2v) is 7.37. The summed E-state index contributed by atoms with van der Waals surface area (Å²) in [6.07, 6.45) is 1.28. The van der Waals surface area contributed by atoms with E-state index in [-0.39, 0.29) is 5.54 Å². The van der Waals surface area contributed by atoms with Crippen LogP contribution in [0.25, 0.3) is 0 Å². The van der Waals surface area contributed by atoms with Crippen LogP contribution in [0.2, 0.25) is 0 Å². The number of anilines is 1. The van der Waals surface area contributed by atoms with E-state index in [0.717, 1.165) is 24.1 Å². The minimum Gasteiger partial charge on any atom is -0.369 e. The average Bonchev–Trinajstić information content (AvgIpc) is 2.79. The number of hydrogen-bond acceptors (Lipinski definition) is 3. The van der Waals surface area contributed by atoms with Gasteiger partial charge in [0, 0.05) is 47.9 Å². The Morgan fingerprint density at radius 2 is 1.75 bits per heavy atom. The molecule has 20 heavy (non-hydrogen) atoms. The van der Waals surface area contributed by atoms with Gasteiger partial charge >= 0.3 is 0 Å². The number of nitrogens with zero attached hydrogens (tertiary/aromatic N) is 2. The summed E-state index contributed by atoms with van der Waals surface area (Å²) in [6.45, 7) is 10.4. The van der Waals surface area contributed by atoms with Crippen LogP contribution in [0, 0.1) is 0 Å². The van der Waals surface area contributed by atoms with Gasteiger partial charge in [-0.1, -0.05) is 15.9 Å². The Morgan fingerprint density at radius 3 is 2.30 bits per heavy atom. The van der Waals surface area contributed by atoms with Crippen molar-refractivity contribution in [2.24, 2.45) is 0 Å². The van der Waals surface area contributed by atoms with Crippen LogP contribution in [0.3, 0.4) is 0 Å². The highest BCUT2D eigenvalue weighted by Crippen LogP contribution is 2.27. The van der Waals surface area contributed by atoms with Gasteiger partial charge in [0.1, 0.15) is 0 Å². The number of hydrogen-bond donors (Lipinski definition) is 1. The number of piperazine rings is 1. The first-order chi connectivity index (χ1) is 9.56. The van der Waals surface area contributed by atoms with E-state index >= 15 is 0 Å². The van der Waals surface area contributed by atoms with Crippen molar-refractivity contribution < 1.29 is 0 Å². The lowest BCUT2D eigenvalue weighted by molar-refractivity contribution is 0.139. The lowest BCUT2D eigenvalue weighted by Crippen LogP contribution is -2.57. The van der Waals surface area contributed by atoms with Gasteiger partial charge in [0.05, 0.1) is 0 Å². The number of benzene rings is 1. The van der Waals surface area contributed by atoms with Crippen molar-refractivity contribution in [3.05, 3.63) is 28.7 Å². The fourth-order valence-corrected chi connectivity index (χ4v) is 3.86. The van der Waals surface area contributed by atoms with Crippen molar-refractivity contribution in [1.82, 2.24) is 10.2 Å². The Bertz CT molecular complexity index is 449. The second-order valence-electron chi connectivity index (χ2n) is 6.45. The summed E-state index contributed by atoms with van der Waals surface area (Å²) in [6, 6.07) is 9.37. The van der Waals surface area contributed by atoms with Crippen molar-refractivity contribution in [3.63, 3.8) is 0 Å². The molecule has 3 rings (SSSR count). The molecule has 1 unspecified atom stereocenters. The van der Waals surface area contributed by atoms with Crippen LogP contribution < -0.4 is 10.2 Å². The zero-order chi connectivity index (χ0) is 14.2. The van der Waals surface area contributed by atoms with Gasteiger partial charge in [-0.25, -0.2) is 0 Å². The second kappa shape index (κ2) is 5.66. The first kappa shape index (κ1) is 14.4. The van der Waals surface area contributed by atoms with Crippen LogP contribution in [0.5, 0.6) is 0 Å². The summed E-state index contributed by atoms with van der Waals surface area (Å²) >= 11 is 3.50. The molecule has 1 aromatic carbocycles. The van der Waals surface area contributed by atoms with Crippen molar-refractivity contribution in [2.45, 2.75) is 31.8 Å². The summed E-state index contributed by atoms with van der Waals surface area (Å²) in [5.74, 6) is 0. The molecule has 2 fully saturated rings. The molecule has 0 saturated carbocycles. The molecular formula is C16H24BrN3. The Kier molecular flexibility index (Phi) is 4.07. The fourth-order valence-electron chi connectivity index (χ4n) is 3.59. The van der Waals surface area contributed by atoms with Crippen molar-refractivity contribution in [2.75, 3.05) is 37.6 Å². The van der Waals surface area contributed by atoms with Crippen LogP contribution in [0.15, 0.2) is 28.7 Å². The van der Waals surface area contributed by atoms with Crippen LogP contribution in [0.4, 0.5) is 5.69 Å². The quantitative estimate of drug-likeness (QED) is 0.895. The SMILES string of the molecule is CC1(C)NCCC1N1CCN(c2ccc(Br)cc2)CC1. The van der Waals surface area contributed by atoms with Crippen LogP contribution in [0.1, 0.15) is 20.3 Å². The lowest BCUT2D eigenvalue weighted by atomic mass is 9.94. The van der Waals surface area contributed by atoms with Gasteiger partial charge in [-0.15, -0.1) is 0 Å². The van der Waals surface area contributed by atoms with Crippen molar-refractivity contribution in [3.8, 4) is 0 Å². The summed E-state index contributed by atoms with van der Waals surface area (Å²) in [5.41, 5.74) is 1.61. The average molecular weight is 338 g/mol. The molecule has 0 aromatic heterocycles. The molecule has 2 heterocycles. The summed E-state index contributed by atoms with van der Waals surface area (Å²) in [4.78, 5) is 5.17. The molecule has 0 bridgehead atoms. The zero-order valence-corrected chi connectivity index (χ0v) is 14.0. The molecular weight excluding hydrogens is 314 g/mol. The van der Waals surface area contributed by atoms with E-state index in [9.17, 15) is 0 Å². The molecule has 0 aliphatic carbocycles. The van der Waals surface area contributed by atoms with Gasteiger partial charge in [-0.3, -0.25) is 4.90 Å². The molecule has 4 heteroatoms. The Balaban J connectivity index is 1.61. The molecule has 1 aromatic rings. The molecule has 3 nitrogen and oxygen atoms in total. The van der Waals surface area contributed by atoms with E-state index in [1.807, 2.05) is 0 Å². The maximum atomic E-state index is 3.63. The monoisotopic (exact) mass is 337 g/mol. The highest BCUT2D eigenvalue weighted by molar-refractivity contribution is 9.10. The third kappa shape index (κ3) is 2.87. The molecule has 1 N–H and O–H groups in total. The third-order valence-corrected chi connectivity index (χ3v) is 5.31. The lowest BCUT2D eigenvalue weighted by Gasteiger charge is -2.43. The van der Waals surface area contributed by atoms with Crippen LogP contribution in [-0.4, -0.2) is 49.2 Å². The van der Waals surface area contributed by atoms with Gasteiger partial charge < -0.3 is 10.2 Å². The van der Waals surface area contributed by atoms with E-state index in [1.54, 1.807) is 0 Å².